The summed E-state index contributed by atoms with van der Waals surface area (Å²) in [6, 6.07) is 9.98. The van der Waals surface area contributed by atoms with Crippen LogP contribution in [0.4, 0.5) is 9.59 Å². The fourth-order valence-corrected chi connectivity index (χ4v) is 4.24. The number of carbonyl (C=O) groups excluding carboxylic acids is 2. The predicted octanol–water partition coefficient (Wildman–Crippen LogP) is 4.99. The third-order valence-corrected chi connectivity index (χ3v) is 5.38. The number of nitrogens with zero attached hydrogens (tertiary/aromatic N) is 2. The molecule has 0 bridgehead atoms. The van der Waals surface area contributed by atoms with Gasteiger partial charge in [0.15, 0.2) is 0 Å². The quantitative estimate of drug-likeness (QED) is 0.664. The van der Waals surface area contributed by atoms with Crippen LogP contribution in [0, 0.1) is 5.92 Å². The minimum absolute atomic E-state index is 0.0420. The molecular formula is C23H34N2O4. The molecule has 2 heterocycles. The van der Waals surface area contributed by atoms with E-state index in [4.69, 9.17) is 9.47 Å². The van der Waals surface area contributed by atoms with Crippen molar-refractivity contribution in [3.8, 4) is 0 Å². The third kappa shape index (κ3) is 5.22. The molecule has 29 heavy (non-hydrogen) atoms. The van der Waals surface area contributed by atoms with Gasteiger partial charge in [0.05, 0.1) is 12.1 Å². The van der Waals surface area contributed by atoms with Crippen molar-refractivity contribution < 1.29 is 19.1 Å². The molecule has 2 amide bonds. The molecule has 1 aromatic carbocycles. The van der Waals surface area contributed by atoms with Crippen molar-refractivity contribution in [2.24, 2.45) is 5.92 Å². The van der Waals surface area contributed by atoms with E-state index in [1.54, 1.807) is 4.90 Å². The highest BCUT2D eigenvalue weighted by molar-refractivity contribution is 5.71. The Morgan fingerprint density at radius 1 is 0.931 bits per heavy atom. The molecule has 3 rings (SSSR count). The Labute approximate surface area is 174 Å². The molecule has 0 radical (unpaired) electrons. The summed E-state index contributed by atoms with van der Waals surface area (Å²) in [6.45, 7) is 12.4. The van der Waals surface area contributed by atoms with Crippen LogP contribution in [0.1, 0.15) is 66.0 Å². The maximum atomic E-state index is 13.2. The highest BCUT2D eigenvalue weighted by Crippen LogP contribution is 2.44. The zero-order valence-corrected chi connectivity index (χ0v) is 18.5. The molecule has 2 fully saturated rings. The van der Waals surface area contributed by atoms with Crippen molar-refractivity contribution in [1.82, 2.24) is 9.80 Å². The van der Waals surface area contributed by atoms with E-state index in [0.29, 0.717) is 19.0 Å². The van der Waals surface area contributed by atoms with Gasteiger partial charge in [-0.2, -0.15) is 0 Å². The summed E-state index contributed by atoms with van der Waals surface area (Å²) in [5.41, 5.74) is -0.00618. The van der Waals surface area contributed by atoms with Crippen molar-refractivity contribution in [2.75, 3.05) is 13.1 Å². The standard InChI is InChI=1S/C23H34N2O4/c1-22(2,3)28-20(26)24-13-12-17-14-18(16-10-8-7-9-11-16)25(19(17)15-24)21(27)29-23(4,5)6/h7-11,17-19H,12-15H2,1-6H3/t17-,18-,19-/m1/s1. The van der Waals surface area contributed by atoms with Gasteiger partial charge in [-0.25, -0.2) is 9.59 Å². The molecule has 0 saturated carbocycles. The zero-order valence-electron chi connectivity index (χ0n) is 18.5. The molecule has 3 atom stereocenters. The van der Waals surface area contributed by atoms with Crippen molar-refractivity contribution >= 4 is 12.2 Å². The Morgan fingerprint density at radius 3 is 2.10 bits per heavy atom. The number of rotatable bonds is 1. The van der Waals surface area contributed by atoms with Gasteiger partial charge in [-0.1, -0.05) is 30.3 Å². The van der Waals surface area contributed by atoms with Gasteiger partial charge in [0, 0.05) is 13.1 Å². The molecule has 2 aliphatic heterocycles. The van der Waals surface area contributed by atoms with Gasteiger partial charge in [0.25, 0.3) is 0 Å². The topological polar surface area (TPSA) is 59.1 Å². The van der Waals surface area contributed by atoms with Crippen LogP contribution in [0.5, 0.6) is 0 Å². The zero-order chi connectivity index (χ0) is 21.4. The summed E-state index contributed by atoms with van der Waals surface area (Å²) in [7, 11) is 0. The number of carbonyl (C=O) groups is 2. The fourth-order valence-electron chi connectivity index (χ4n) is 4.24. The first kappa shape index (κ1) is 21.5. The Hall–Kier alpha value is -2.24. The van der Waals surface area contributed by atoms with Crippen LogP contribution in [0.15, 0.2) is 30.3 Å². The number of likely N-dealkylation sites (tertiary alicyclic amines) is 2. The van der Waals surface area contributed by atoms with E-state index >= 15 is 0 Å². The van der Waals surface area contributed by atoms with Gasteiger partial charge in [-0.3, -0.25) is 4.90 Å². The first-order chi connectivity index (χ1) is 13.4. The number of hydrogen-bond acceptors (Lipinski definition) is 4. The largest absolute Gasteiger partial charge is 0.444 e. The summed E-state index contributed by atoms with van der Waals surface area (Å²) >= 11 is 0. The van der Waals surface area contributed by atoms with Gasteiger partial charge in [0.1, 0.15) is 11.2 Å². The Bertz CT molecular complexity index is 735. The second-order valence-electron chi connectivity index (χ2n) is 10.1. The number of amides is 2. The van der Waals surface area contributed by atoms with Crippen LogP contribution in [-0.2, 0) is 9.47 Å². The Balaban J connectivity index is 1.85. The molecule has 0 unspecified atom stereocenters. The average Bonchev–Trinajstić information content (AvgIpc) is 2.98. The SMILES string of the molecule is CC(C)(C)OC(=O)N1CC[C@@H]2C[C@H](c3ccccc3)N(C(=O)OC(C)(C)C)[C@@H]2C1. The summed E-state index contributed by atoms with van der Waals surface area (Å²) in [4.78, 5) is 29.4. The van der Waals surface area contributed by atoms with Gasteiger partial charge in [-0.15, -0.1) is 0 Å². The predicted molar refractivity (Wildman–Crippen MR) is 112 cm³/mol. The maximum absolute atomic E-state index is 13.2. The molecule has 6 heteroatoms. The normalized spacial score (nSPS) is 24.8. The van der Waals surface area contributed by atoms with E-state index < -0.39 is 11.2 Å². The molecule has 6 nitrogen and oxygen atoms in total. The molecule has 1 aromatic rings. The van der Waals surface area contributed by atoms with E-state index in [9.17, 15) is 9.59 Å². The summed E-state index contributed by atoms with van der Waals surface area (Å²) in [5, 5.41) is 0. The summed E-state index contributed by atoms with van der Waals surface area (Å²) in [5.74, 6) is 0.339. The van der Waals surface area contributed by atoms with Gasteiger partial charge in [0.2, 0.25) is 0 Å². The maximum Gasteiger partial charge on any atom is 0.411 e. The number of piperidine rings is 1. The van der Waals surface area contributed by atoms with Crippen LogP contribution >= 0.6 is 0 Å². The minimum Gasteiger partial charge on any atom is -0.444 e. The lowest BCUT2D eigenvalue weighted by atomic mass is 9.90. The molecule has 0 N–H and O–H groups in total. The smallest absolute Gasteiger partial charge is 0.411 e. The second-order valence-corrected chi connectivity index (χ2v) is 10.1. The molecule has 2 saturated heterocycles. The van der Waals surface area contributed by atoms with E-state index in [-0.39, 0.29) is 24.3 Å². The molecule has 0 aromatic heterocycles. The van der Waals surface area contributed by atoms with Crippen LogP contribution in [-0.4, -0.2) is 52.3 Å². The van der Waals surface area contributed by atoms with Crippen LogP contribution < -0.4 is 0 Å². The number of fused-ring (bicyclic) bond motifs is 1. The highest BCUT2D eigenvalue weighted by Gasteiger charge is 2.49. The van der Waals surface area contributed by atoms with Crippen molar-refractivity contribution in [1.29, 1.82) is 0 Å². The van der Waals surface area contributed by atoms with Crippen LogP contribution in [0.2, 0.25) is 0 Å². The Morgan fingerprint density at radius 2 is 1.52 bits per heavy atom. The van der Waals surface area contributed by atoms with Gasteiger partial charge < -0.3 is 14.4 Å². The lowest BCUT2D eigenvalue weighted by Crippen LogP contribution is -2.53. The number of hydrogen-bond donors (Lipinski definition) is 0. The fraction of sp³-hybridized carbons (Fsp3) is 0.652. The van der Waals surface area contributed by atoms with Crippen molar-refractivity contribution in [2.45, 2.75) is 77.7 Å². The number of ether oxygens (including phenoxy) is 2. The van der Waals surface area contributed by atoms with E-state index in [1.165, 1.54) is 0 Å². The monoisotopic (exact) mass is 402 g/mol. The molecule has 0 aliphatic carbocycles. The Kier molecular flexibility index (Phi) is 5.84. The molecule has 160 valence electrons. The average molecular weight is 403 g/mol. The molecule has 2 aliphatic rings. The first-order valence-corrected chi connectivity index (χ1v) is 10.5. The summed E-state index contributed by atoms with van der Waals surface area (Å²) in [6.07, 6.45) is 1.11. The summed E-state index contributed by atoms with van der Waals surface area (Å²) < 4.78 is 11.3. The second kappa shape index (κ2) is 7.88. The number of benzene rings is 1. The van der Waals surface area contributed by atoms with E-state index in [2.05, 4.69) is 12.1 Å². The van der Waals surface area contributed by atoms with Gasteiger partial charge >= 0.3 is 12.2 Å². The minimum atomic E-state index is -0.573. The van der Waals surface area contributed by atoms with E-state index in [0.717, 1.165) is 18.4 Å². The lowest BCUT2D eigenvalue weighted by molar-refractivity contribution is -0.00687. The van der Waals surface area contributed by atoms with Crippen LogP contribution in [0.25, 0.3) is 0 Å². The third-order valence-electron chi connectivity index (χ3n) is 5.38. The molecular weight excluding hydrogens is 368 g/mol. The van der Waals surface area contributed by atoms with Crippen molar-refractivity contribution in [3.05, 3.63) is 35.9 Å². The van der Waals surface area contributed by atoms with E-state index in [1.807, 2.05) is 64.6 Å². The van der Waals surface area contributed by atoms with Gasteiger partial charge in [-0.05, 0) is 65.9 Å². The highest BCUT2D eigenvalue weighted by atomic mass is 16.6. The van der Waals surface area contributed by atoms with Crippen molar-refractivity contribution in [3.63, 3.8) is 0 Å². The molecule has 0 spiro atoms. The first-order valence-electron chi connectivity index (χ1n) is 10.5. The lowest BCUT2D eigenvalue weighted by Gasteiger charge is -2.40. The van der Waals surface area contributed by atoms with Crippen LogP contribution in [0.3, 0.4) is 0 Å².